The van der Waals surface area contributed by atoms with Gasteiger partial charge in [0.1, 0.15) is 0 Å². The van der Waals surface area contributed by atoms with Gasteiger partial charge < -0.3 is 10.0 Å². The van der Waals surface area contributed by atoms with Crippen LogP contribution in [0.3, 0.4) is 0 Å². The highest BCUT2D eigenvalue weighted by atomic mass is 32.2. The molecule has 1 saturated carbocycles. The molecule has 0 radical (unpaired) electrons. The number of hydrogen-bond donors (Lipinski definition) is 1. The molecule has 21 heavy (non-hydrogen) atoms. The second kappa shape index (κ2) is 7.68. The van der Waals surface area contributed by atoms with Crippen LogP contribution in [0.25, 0.3) is 0 Å². The summed E-state index contributed by atoms with van der Waals surface area (Å²) in [6.45, 7) is 6.00. The van der Waals surface area contributed by atoms with Crippen LogP contribution in [0.2, 0.25) is 0 Å². The van der Waals surface area contributed by atoms with Gasteiger partial charge in [-0.25, -0.2) is 0 Å². The van der Waals surface area contributed by atoms with Crippen molar-refractivity contribution in [2.24, 2.45) is 0 Å². The van der Waals surface area contributed by atoms with E-state index in [9.17, 15) is 4.79 Å². The van der Waals surface area contributed by atoms with Gasteiger partial charge in [0.05, 0.1) is 5.75 Å². The summed E-state index contributed by atoms with van der Waals surface area (Å²) in [5.41, 5.74) is 0. The first-order valence-corrected chi connectivity index (χ1v) is 8.70. The standard InChI is InChI=1S/C14H24N4O2S/c1-3-9-18-13(15-16-14(18)21-10-12(19)20)17(4-2)11-7-5-6-8-11/h11H,3-10H2,1-2H3,(H,19,20). The van der Waals surface area contributed by atoms with Gasteiger partial charge in [-0.3, -0.25) is 9.36 Å². The number of aliphatic carboxylic acids is 1. The molecular formula is C14H24N4O2S. The van der Waals surface area contributed by atoms with Crippen LogP contribution in [0, 0.1) is 0 Å². The number of hydrogen-bond acceptors (Lipinski definition) is 5. The monoisotopic (exact) mass is 312 g/mol. The zero-order chi connectivity index (χ0) is 15.2. The summed E-state index contributed by atoms with van der Waals surface area (Å²) < 4.78 is 2.08. The van der Waals surface area contributed by atoms with E-state index in [4.69, 9.17) is 5.11 Å². The lowest BCUT2D eigenvalue weighted by molar-refractivity contribution is -0.133. The van der Waals surface area contributed by atoms with E-state index in [0.29, 0.717) is 11.2 Å². The van der Waals surface area contributed by atoms with Crippen molar-refractivity contribution in [1.29, 1.82) is 0 Å². The third-order valence-electron chi connectivity index (χ3n) is 3.83. The molecule has 1 aromatic heterocycles. The van der Waals surface area contributed by atoms with Crippen molar-refractivity contribution in [2.45, 2.75) is 63.7 Å². The summed E-state index contributed by atoms with van der Waals surface area (Å²) in [5.74, 6) is 0.104. The topological polar surface area (TPSA) is 71.2 Å². The molecule has 1 fully saturated rings. The van der Waals surface area contributed by atoms with Crippen molar-refractivity contribution in [3.05, 3.63) is 0 Å². The summed E-state index contributed by atoms with van der Waals surface area (Å²) >= 11 is 1.25. The Labute approximate surface area is 129 Å². The van der Waals surface area contributed by atoms with E-state index >= 15 is 0 Å². The minimum Gasteiger partial charge on any atom is -0.481 e. The van der Waals surface area contributed by atoms with Crippen LogP contribution in [0.4, 0.5) is 5.95 Å². The number of carbonyl (C=O) groups is 1. The van der Waals surface area contributed by atoms with E-state index in [0.717, 1.165) is 25.5 Å². The average Bonchev–Trinajstić information content (AvgIpc) is 3.10. The Morgan fingerprint density at radius 2 is 2.10 bits per heavy atom. The maximum atomic E-state index is 10.8. The molecule has 7 heteroatoms. The number of anilines is 1. The number of carboxylic acids is 1. The molecule has 0 saturated heterocycles. The van der Waals surface area contributed by atoms with Crippen molar-refractivity contribution >= 4 is 23.7 Å². The third kappa shape index (κ3) is 3.90. The first kappa shape index (κ1) is 16.1. The van der Waals surface area contributed by atoms with E-state index < -0.39 is 5.97 Å². The molecule has 0 unspecified atom stereocenters. The van der Waals surface area contributed by atoms with E-state index in [-0.39, 0.29) is 5.75 Å². The van der Waals surface area contributed by atoms with Crippen LogP contribution in [-0.4, -0.2) is 44.2 Å². The molecule has 0 aliphatic heterocycles. The molecule has 0 amide bonds. The summed E-state index contributed by atoms with van der Waals surface area (Å²) in [4.78, 5) is 13.1. The molecule has 1 heterocycles. The Kier molecular flexibility index (Phi) is 5.90. The lowest BCUT2D eigenvalue weighted by Crippen LogP contribution is -2.35. The fraction of sp³-hybridized carbons (Fsp3) is 0.786. The fourth-order valence-corrected chi connectivity index (χ4v) is 3.60. The number of rotatable bonds is 8. The van der Waals surface area contributed by atoms with E-state index in [1.807, 2.05) is 0 Å². The van der Waals surface area contributed by atoms with Crippen LogP contribution in [-0.2, 0) is 11.3 Å². The maximum absolute atomic E-state index is 10.8. The van der Waals surface area contributed by atoms with Crippen LogP contribution < -0.4 is 4.90 Å². The van der Waals surface area contributed by atoms with Crippen molar-refractivity contribution < 1.29 is 9.90 Å². The molecule has 2 rings (SSSR count). The van der Waals surface area contributed by atoms with Gasteiger partial charge in [-0.15, -0.1) is 10.2 Å². The third-order valence-corrected chi connectivity index (χ3v) is 4.78. The second-order valence-electron chi connectivity index (χ2n) is 5.34. The molecule has 0 bridgehead atoms. The first-order chi connectivity index (χ1) is 10.2. The van der Waals surface area contributed by atoms with Gasteiger partial charge in [0.2, 0.25) is 5.95 Å². The quantitative estimate of drug-likeness (QED) is 0.744. The summed E-state index contributed by atoms with van der Waals surface area (Å²) in [6.07, 6.45) is 5.97. The Bertz CT molecular complexity index is 472. The zero-order valence-corrected chi connectivity index (χ0v) is 13.6. The Morgan fingerprint density at radius 3 is 2.67 bits per heavy atom. The minimum absolute atomic E-state index is 0.0252. The number of nitrogens with zero attached hydrogens (tertiary/aromatic N) is 4. The predicted octanol–water partition coefficient (Wildman–Crippen LogP) is 2.63. The van der Waals surface area contributed by atoms with Crippen molar-refractivity contribution in [3.63, 3.8) is 0 Å². The van der Waals surface area contributed by atoms with Gasteiger partial charge in [0, 0.05) is 19.1 Å². The average molecular weight is 312 g/mol. The minimum atomic E-state index is -0.823. The molecule has 1 aliphatic rings. The van der Waals surface area contributed by atoms with Crippen molar-refractivity contribution in [2.75, 3.05) is 17.2 Å². The van der Waals surface area contributed by atoms with Gasteiger partial charge in [-0.1, -0.05) is 31.5 Å². The normalized spacial score (nSPS) is 15.5. The molecular weight excluding hydrogens is 288 g/mol. The Morgan fingerprint density at radius 1 is 1.38 bits per heavy atom. The van der Waals surface area contributed by atoms with Gasteiger partial charge in [-0.2, -0.15) is 0 Å². The van der Waals surface area contributed by atoms with Gasteiger partial charge in [0.25, 0.3) is 0 Å². The molecule has 118 valence electrons. The lowest BCUT2D eigenvalue weighted by Gasteiger charge is -2.28. The number of aromatic nitrogens is 3. The second-order valence-corrected chi connectivity index (χ2v) is 6.28. The van der Waals surface area contributed by atoms with E-state index in [1.165, 1.54) is 37.4 Å². The lowest BCUT2D eigenvalue weighted by atomic mass is 10.2. The zero-order valence-electron chi connectivity index (χ0n) is 12.8. The van der Waals surface area contributed by atoms with E-state index in [1.54, 1.807) is 0 Å². The van der Waals surface area contributed by atoms with Crippen molar-refractivity contribution in [1.82, 2.24) is 14.8 Å². The SMILES string of the molecule is CCCn1c(SCC(=O)O)nnc1N(CC)C1CCCC1. The molecule has 1 aromatic rings. The Hall–Kier alpha value is -1.24. The van der Waals surface area contributed by atoms with Gasteiger partial charge >= 0.3 is 5.97 Å². The molecule has 6 nitrogen and oxygen atoms in total. The highest BCUT2D eigenvalue weighted by Gasteiger charge is 2.26. The smallest absolute Gasteiger partial charge is 0.313 e. The fourth-order valence-electron chi connectivity index (χ4n) is 2.92. The highest BCUT2D eigenvalue weighted by molar-refractivity contribution is 7.99. The van der Waals surface area contributed by atoms with Crippen LogP contribution in [0.15, 0.2) is 5.16 Å². The largest absolute Gasteiger partial charge is 0.481 e. The molecule has 1 aliphatic carbocycles. The molecule has 1 N–H and O–H groups in total. The summed E-state index contributed by atoms with van der Waals surface area (Å²) in [5, 5.41) is 18.1. The molecule has 0 spiro atoms. The van der Waals surface area contributed by atoms with Gasteiger partial charge in [-0.05, 0) is 26.2 Å². The molecule has 0 atom stereocenters. The van der Waals surface area contributed by atoms with Crippen LogP contribution >= 0.6 is 11.8 Å². The Balaban J connectivity index is 2.21. The molecule has 0 aromatic carbocycles. The number of carboxylic acid groups (broad SMARTS) is 1. The predicted molar refractivity (Wildman–Crippen MR) is 83.9 cm³/mol. The van der Waals surface area contributed by atoms with Gasteiger partial charge in [0.15, 0.2) is 5.16 Å². The highest BCUT2D eigenvalue weighted by Crippen LogP contribution is 2.29. The van der Waals surface area contributed by atoms with Crippen molar-refractivity contribution in [3.8, 4) is 0 Å². The number of thioether (sulfide) groups is 1. The first-order valence-electron chi connectivity index (χ1n) is 7.71. The van der Waals surface area contributed by atoms with Crippen LogP contribution in [0.1, 0.15) is 46.0 Å². The maximum Gasteiger partial charge on any atom is 0.313 e. The summed E-state index contributed by atoms with van der Waals surface area (Å²) in [6, 6.07) is 0.548. The van der Waals surface area contributed by atoms with E-state index in [2.05, 4.69) is 33.5 Å². The van der Waals surface area contributed by atoms with Crippen LogP contribution in [0.5, 0.6) is 0 Å². The summed E-state index contributed by atoms with van der Waals surface area (Å²) in [7, 11) is 0.